The summed E-state index contributed by atoms with van der Waals surface area (Å²) in [4.78, 5) is 70.2. The second kappa shape index (κ2) is 23.6. The maximum absolute atomic E-state index is 14.6. The van der Waals surface area contributed by atoms with E-state index in [-0.39, 0.29) is 64.3 Å². The van der Waals surface area contributed by atoms with Gasteiger partial charge in [-0.25, -0.2) is 4.79 Å². The highest BCUT2D eigenvalue weighted by Crippen LogP contribution is 2.41. The van der Waals surface area contributed by atoms with Gasteiger partial charge in [0.15, 0.2) is 11.6 Å². The molecule has 2 amide bonds. The number of ketones is 2. The van der Waals surface area contributed by atoms with Crippen molar-refractivity contribution in [3.05, 3.63) is 82.4 Å². The Labute approximate surface area is 354 Å². The summed E-state index contributed by atoms with van der Waals surface area (Å²) in [5, 5.41) is 12.7. The molecule has 0 unspecified atom stereocenters. The van der Waals surface area contributed by atoms with Crippen LogP contribution in [-0.4, -0.2) is 85.3 Å². The minimum absolute atomic E-state index is 0.0471. The first-order chi connectivity index (χ1) is 28.8. The average Bonchev–Trinajstić information content (AvgIpc) is 3.22. The van der Waals surface area contributed by atoms with Crippen LogP contribution in [0, 0.1) is 18.8 Å². The minimum atomic E-state index is -1.30. The first-order valence-corrected chi connectivity index (χ1v) is 21.4. The Morgan fingerprint density at radius 1 is 0.850 bits per heavy atom. The molecule has 3 aromatic rings. The zero-order chi connectivity index (χ0) is 43.8. The van der Waals surface area contributed by atoms with Crippen LogP contribution in [0.1, 0.15) is 110 Å². The van der Waals surface area contributed by atoms with E-state index in [1.54, 1.807) is 43.3 Å². The summed E-state index contributed by atoms with van der Waals surface area (Å²) in [5.41, 5.74) is 22.3. The van der Waals surface area contributed by atoms with Crippen molar-refractivity contribution in [2.45, 2.75) is 103 Å². The fourth-order valence-corrected chi connectivity index (χ4v) is 7.88. The maximum atomic E-state index is 14.6. The van der Waals surface area contributed by atoms with Gasteiger partial charge >= 0.3 is 5.97 Å². The molecule has 13 nitrogen and oxygen atoms in total. The third-order valence-corrected chi connectivity index (χ3v) is 11.2. The van der Waals surface area contributed by atoms with Gasteiger partial charge in [0.1, 0.15) is 36.8 Å². The lowest BCUT2D eigenvalue weighted by molar-refractivity contribution is -0.144. The highest BCUT2D eigenvalue weighted by molar-refractivity contribution is 6.01. The van der Waals surface area contributed by atoms with E-state index in [1.807, 2.05) is 19.1 Å². The van der Waals surface area contributed by atoms with Gasteiger partial charge < -0.3 is 42.0 Å². The Morgan fingerprint density at radius 2 is 1.50 bits per heavy atom. The molecule has 0 saturated carbocycles. The molecule has 0 aromatic heterocycles. The predicted molar refractivity (Wildman–Crippen MR) is 233 cm³/mol. The largest absolute Gasteiger partial charge is 0.492 e. The molecule has 1 aliphatic rings. The number of aliphatic carboxylic acids is 1. The number of Topliss-reactive ketones (excluding diaryl/α,β-unsaturated/α-hetero) is 2. The fraction of sp³-hybridized carbons (Fsp3) is 0.511. The molecule has 13 heteroatoms. The predicted octanol–water partition coefficient (Wildman–Crippen LogP) is 5.70. The number of likely N-dealkylation sites (N-methyl/N-ethyl adjacent to an activating group) is 1. The van der Waals surface area contributed by atoms with Gasteiger partial charge in [-0.15, -0.1) is 0 Å². The van der Waals surface area contributed by atoms with Crippen molar-refractivity contribution in [1.29, 1.82) is 0 Å². The Hall–Kier alpha value is -5.11. The normalized spacial score (nSPS) is 17.3. The number of ether oxygens (including phenoxy) is 2. The molecule has 326 valence electrons. The SMILES string of the molecule is CCCCCCCCc1ccc(C(=O)C[C@@H](CCN)C(=O)N(C)[C@@H]2C(=O)C[C@@H](C)C(=O)N[C@H](C(=O)O)Cc3ccc(OCCN)c(c3)-c3cc2ccc3OCCN)c(C)c1. The molecule has 0 radical (unpaired) electrons. The molecule has 4 rings (SSSR count). The Bertz CT molecular complexity index is 1950. The van der Waals surface area contributed by atoms with E-state index in [2.05, 4.69) is 18.3 Å². The standard InChI is InChI=1S/C47H65N5O8/c1-5-6-7-8-9-10-11-32-12-15-36(30(2)24-32)40(53)29-35(18-19-48)46(56)52(4)44-34-14-17-43(60-23-21-50)38(28-34)37-26-33(13-16-42(37)59-22-20-49)27-39(47(57)58)51-45(55)31(3)25-41(44)54/h12-17,24,26,28,31,35,39,44H,5-11,18-23,25,27,29,48-50H2,1-4H3,(H,51,55)(H,57,58)/t31-,35-,39+,44+/m1/s1. The van der Waals surface area contributed by atoms with Crippen molar-refractivity contribution >= 4 is 29.4 Å². The maximum Gasteiger partial charge on any atom is 0.326 e. The van der Waals surface area contributed by atoms with Gasteiger partial charge in [-0.1, -0.05) is 76.3 Å². The van der Waals surface area contributed by atoms with E-state index >= 15 is 0 Å². The molecule has 8 N–H and O–H groups in total. The number of fused-ring (bicyclic) bond motifs is 5. The van der Waals surface area contributed by atoms with Crippen molar-refractivity contribution in [2.24, 2.45) is 29.0 Å². The monoisotopic (exact) mass is 827 g/mol. The molecular weight excluding hydrogens is 763 g/mol. The summed E-state index contributed by atoms with van der Waals surface area (Å²) in [6.45, 7) is 6.59. The molecule has 1 aliphatic heterocycles. The summed E-state index contributed by atoms with van der Waals surface area (Å²) in [5.74, 6) is -3.88. The zero-order valence-corrected chi connectivity index (χ0v) is 35.8. The van der Waals surface area contributed by atoms with Crippen molar-refractivity contribution in [3.63, 3.8) is 0 Å². The number of carbonyl (C=O) groups is 5. The number of amides is 2. The molecule has 0 fully saturated rings. The van der Waals surface area contributed by atoms with Gasteiger partial charge in [0.2, 0.25) is 11.8 Å². The number of carboxylic acids is 1. The summed E-state index contributed by atoms with van der Waals surface area (Å²) in [6, 6.07) is 13.7. The lowest BCUT2D eigenvalue weighted by Crippen LogP contribution is -2.45. The molecule has 0 aliphatic carbocycles. The van der Waals surface area contributed by atoms with Crippen LogP contribution in [0.15, 0.2) is 54.6 Å². The number of hydrogen-bond donors (Lipinski definition) is 5. The Kier molecular flexibility index (Phi) is 18.7. The average molecular weight is 828 g/mol. The molecule has 1 heterocycles. The lowest BCUT2D eigenvalue weighted by Gasteiger charge is -2.32. The molecule has 0 spiro atoms. The second-order valence-electron chi connectivity index (χ2n) is 16.0. The van der Waals surface area contributed by atoms with E-state index in [4.69, 9.17) is 26.7 Å². The van der Waals surface area contributed by atoms with Gasteiger partial charge in [-0.3, -0.25) is 19.2 Å². The fourth-order valence-electron chi connectivity index (χ4n) is 7.88. The summed E-state index contributed by atoms with van der Waals surface area (Å²) < 4.78 is 12.1. The number of nitrogens with zero attached hydrogens (tertiary/aromatic N) is 1. The third-order valence-electron chi connectivity index (χ3n) is 11.2. The topological polar surface area (TPSA) is 217 Å². The number of benzene rings is 3. The van der Waals surface area contributed by atoms with Crippen molar-refractivity contribution in [2.75, 3.05) is 39.9 Å². The highest BCUT2D eigenvalue weighted by atomic mass is 16.5. The van der Waals surface area contributed by atoms with E-state index in [0.717, 1.165) is 18.4 Å². The Balaban J connectivity index is 1.74. The van der Waals surface area contributed by atoms with Gasteiger partial charge in [0, 0.05) is 67.9 Å². The van der Waals surface area contributed by atoms with Crippen molar-refractivity contribution in [1.82, 2.24) is 10.2 Å². The quantitative estimate of drug-likeness (QED) is 0.0649. The highest BCUT2D eigenvalue weighted by Gasteiger charge is 2.36. The van der Waals surface area contributed by atoms with E-state index < -0.39 is 47.5 Å². The van der Waals surface area contributed by atoms with Crippen molar-refractivity contribution in [3.8, 4) is 22.6 Å². The molecule has 0 saturated heterocycles. The summed E-state index contributed by atoms with van der Waals surface area (Å²) in [7, 11) is 1.52. The Morgan fingerprint density at radius 3 is 2.13 bits per heavy atom. The van der Waals surface area contributed by atoms with Crippen LogP contribution in [0.4, 0.5) is 0 Å². The van der Waals surface area contributed by atoms with E-state index in [9.17, 15) is 29.1 Å². The number of hydrogen-bond acceptors (Lipinski definition) is 10. The number of unbranched alkanes of at least 4 members (excludes halogenated alkanes) is 5. The summed E-state index contributed by atoms with van der Waals surface area (Å²) >= 11 is 0. The molecular formula is C47H65N5O8. The van der Waals surface area contributed by atoms with Gasteiger partial charge in [-0.05, 0) is 79.3 Å². The summed E-state index contributed by atoms with van der Waals surface area (Å²) in [6.07, 6.45) is 7.86. The minimum Gasteiger partial charge on any atom is -0.492 e. The molecule has 3 aromatic carbocycles. The second-order valence-corrected chi connectivity index (χ2v) is 16.0. The first kappa shape index (κ1) is 47.6. The van der Waals surface area contributed by atoms with Crippen LogP contribution in [0.2, 0.25) is 0 Å². The first-order valence-electron chi connectivity index (χ1n) is 21.4. The van der Waals surface area contributed by atoms with Crippen molar-refractivity contribution < 1.29 is 38.6 Å². The van der Waals surface area contributed by atoms with Gasteiger partial charge in [0.25, 0.3) is 0 Å². The molecule has 4 bridgehead atoms. The number of rotatable bonds is 21. The molecule has 60 heavy (non-hydrogen) atoms. The number of carbonyl (C=O) groups excluding carboxylic acids is 4. The molecule has 4 atom stereocenters. The third kappa shape index (κ3) is 12.9. The van der Waals surface area contributed by atoms with Crippen LogP contribution in [0.5, 0.6) is 11.5 Å². The van der Waals surface area contributed by atoms with Crippen LogP contribution in [0.25, 0.3) is 11.1 Å². The van der Waals surface area contributed by atoms with Crippen LogP contribution >= 0.6 is 0 Å². The zero-order valence-electron chi connectivity index (χ0n) is 35.8. The number of nitrogens with two attached hydrogens (primary N) is 3. The lowest BCUT2D eigenvalue weighted by atomic mass is 9.88. The van der Waals surface area contributed by atoms with Crippen LogP contribution in [-0.2, 0) is 32.0 Å². The van der Waals surface area contributed by atoms with E-state index in [0.29, 0.717) is 39.3 Å². The smallest absolute Gasteiger partial charge is 0.326 e. The van der Waals surface area contributed by atoms with Gasteiger partial charge in [-0.2, -0.15) is 0 Å². The van der Waals surface area contributed by atoms with Crippen LogP contribution in [0.3, 0.4) is 0 Å². The number of nitrogens with one attached hydrogen (secondary N) is 1. The van der Waals surface area contributed by atoms with Gasteiger partial charge in [0.05, 0.1) is 0 Å². The van der Waals surface area contributed by atoms with E-state index in [1.165, 1.54) is 49.6 Å². The number of aryl methyl sites for hydroxylation is 2. The number of carboxylic acid groups (broad SMARTS) is 1. The van der Waals surface area contributed by atoms with Crippen LogP contribution < -0.4 is 32.0 Å².